The van der Waals surface area contributed by atoms with Crippen molar-refractivity contribution in [3.8, 4) is 0 Å². The number of benzene rings is 1. The lowest BCUT2D eigenvalue weighted by molar-refractivity contribution is -0.165. The molecule has 0 fully saturated rings. The molecule has 0 unspecified atom stereocenters. The molecule has 1 N–H and O–H groups in total. The van der Waals surface area contributed by atoms with Gasteiger partial charge < -0.3 is 10.0 Å². The molecular weight excluding hydrogens is 299 g/mol. The molecule has 0 spiro atoms. The standard InChI is InChI=1S/C12H11ClF3NO3/c13-9-3-1-8(2-4-9)5-10(18)17(6-11(19)20)7-12(14,15)16/h1-4H,5-7H2,(H,19,20). The van der Waals surface area contributed by atoms with E-state index in [4.69, 9.17) is 16.7 Å². The van der Waals surface area contributed by atoms with E-state index in [0.29, 0.717) is 10.6 Å². The van der Waals surface area contributed by atoms with Crippen molar-refractivity contribution in [1.29, 1.82) is 0 Å². The first-order valence-electron chi connectivity index (χ1n) is 5.48. The zero-order valence-electron chi connectivity index (χ0n) is 10.2. The molecule has 0 atom stereocenters. The molecule has 1 rings (SSSR count). The van der Waals surface area contributed by atoms with Gasteiger partial charge in [-0.15, -0.1) is 0 Å². The third-order valence-electron chi connectivity index (χ3n) is 2.32. The first-order chi connectivity index (χ1) is 9.17. The lowest BCUT2D eigenvalue weighted by Crippen LogP contribution is -2.42. The van der Waals surface area contributed by atoms with Crippen LogP contribution >= 0.6 is 11.6 Å². The summed E-state index contributed by atoms with van der Waals surface area (Å²) >= 11 is 5.64. The summed E-state index contributed by atoms with van der Waals surface area (Å²) in [6.45, 7) is -2.59. The zero-order valence-corrected chi connectivity index (χ0v) is 10.9. The molecule has 0 aliphatic carbocycles. The van der Waals surface area contributed by atoms with Crippen molar-refractivity contribution in [2.24, 2.45) is 0 Å². The summed E-state index contributed by atoms with van der Waals surface area (Å²) in [6, 6.07) is 5.98. The van der Waals surface area contributed by atoms with Gasteiger partial charge in [0.15, 0.2) is 0 Å². The molecule has 20 heavy (non-hydrogen) atoms. The Morgan fingerprint density at radius 3 is 2.20 bits per heavy atom. The number of carboxylic acids is 1. The highest BCUT2D eigenvalue weighted by molar-refractivity contribution is 6.30. The monoisotopic (exact) mass is 309 g/mol. The molecule has 1 aromatic rings. The van der Waals surface area contributed by atoms with Gasteiger partial charge in [-0.2, -0.15) is 13.2 Å². The van der Waals surface area contributed by atoms with E-state index in [0.717, 1.165) is 0 Å². The minimum absolute atomic E-state index is 0.261. The lowest BCUT2D eigenvalue weighted by atomic mass is 10.1. The third-order valence-corrected chi connectivity index (χ3v) is 2.57. The van der Waals surface area contributed by atoms with Crippen LogP contribution in [0.25, 0.3) is 0 Å². The number of halogens is 4. The number of aliphatic carboxylic acids is 1. The topological polar surface area (TPSA) is 57.6 Å². The van der Waals surface area contributed by atoms with Crippen molar-refractivity contribution in [1.82, 2.24) is 4.90 Å². The Kier molecular flexibility index (Phi) is 5.38. The number of hydrogen-bond acceptors (Lipinski definition) is 2. The Hall–Kier alpha value is -1.76. The summed E-state index contributed by atoms with van der Waals surface area (Å²) in [7, 11) is 0. The highest BCUT2D eigenvalue weighted by Crippen LogP contribution is 2.17. The maximum Gasteiger partial charge on any atom is 0.406 e. The molecule has 0 bridgehead atoms. The van der Waals surface area contributed by atoms with E-state index >= 15 is 0 Å². The predicted octanol–water partition coefficient (Wildman–Crippen LogP) is 2.36. The molecule has 8 heteroatoms. The van der Waals surface area contributed by atoms with Gasteiger partial charge in [-0.3, -0.25) is 9.59 Å². The highest BCUT2D eigenvalue weighted by Gasteiger charge is 2.33. The highest BCUT2D eigenvalue weighted by atomic mass is 35.5. The van der Waals surface area contributed by atoms with Gasteiger partial charge in [-0.05, 0) is 17.7 Å². The summed E-state index contributed by atoms with van der Waals surface area (Å²) in [5, 5.41) is 8.98. The maximum absolute atomic E-state index is 12.3. The molecule has 0 heterocycles. The molecule has 0 aromatic heterocycles. The smallest absolute Gasteiger partial charge is 0.406 e. The average Bonchev–Trinajstić information content (AvgIpc) is 2.29. The zero-order chi connectivity index (χ0) is 15.3. The number of carboxylic acid groups (broad SMARTS) is 1. The third kappa shape index (κ3) is 5.92. The molecule has 1 aromatic carbocycles. The van der Waals surface area contributed by atoms with Gasteiger partial charge in [0.25, 0.3) is 0 Å². The van der Waals surface area contributed by atoms with E-state index in [1.54, 1.807) is 0 Å². The van der Waals surface area contributed by atoms with Crippen LogP contribution in [0.4, 0.5) is 13.2 Å². The van der Waals surface area contributed by atoms with Crippen LogP contribution in [0.2, 0.25) is 5.02 Å². The van der Waals surface area contributed by atoms with Gasteiger partial charge in [0.05, 0.1) is 6.42 Å². The first kappa shape index (κ1) is 16.3. The van der Waals surface area contributed by atoms with Crippen LogP contribution in [0, 0.1) is 0 Å². The van der Waals surface area contributed by atoms with Gasteiger partial charge >= 0.3 is 12.1 Å². The average molecular weight is 310 g/mol. The van der Waals surface area contributed by atoms with E-state index in [1.165, 1.54) is 24.3 Å². The number of alkyl halides is 3. The normalized spacial score (nSPS) is 11.2. The number of hydrogen-bond donors (Lipinski definition) is 1. The molecule has 0 aliphatic rings. The molecular formula is C12H11ClF3NO3. The second-order valence-corrected chi connectivity index (χ2v) is 4.50. The van der Waals surface area contributed by atoms with Crippen molar-refractivity contribution in [2.75, 3.05) is 13.1 Å². The molecule has 0 saturated carbocycles. The molecule has 4 nitrogen and oxygen atoms in total. The van der Waals surface area contributed by atoms with E-state index in [2.05, 4.69) is 0 Å². The summed E-state index contributed by atoms with van der Waals surface area (Å²) < 4.78 is 36.9. The fraction of sp³-hybridized carbons (Fsp3) is 0.333. The second-order valence-electron chi connectivity index (χ2n) is 4.06. The van der Waals surface area contributed by atoms with E-state index < -0.39 is 31.1 Å². The Morgan fingerprint density at radius 2 is 1.75 bits per heavy atom. The van der Waals surface area contributed by atoms with Crippen LogP contribution < -0.4 is 0 Å². The molecule has 0 aliphatic heterocycles. The van der Waals surface area contributed by atoms with Crippen molar-refractivity contribution >= 4 is 23.5 Å². The van der Waals surface area contributed by atoms with Crippen molar-refractivity contribution in [3.63, 3.8) is 0 Å². The van der Waals surface area contributed by atoms with Crippen molar-refractivity contribution in [2.45, 2.75) is 12.6 Å². The van der Waals surface area contributed by atoms with Gasteiger partial charge in [0.1, 0.15) is 13.1 Å². The number of nitrogens with zero attached hydrogens (tertiary/aromatic N) is 1. The summed E-state index contributed by atoms with van der Waals surface area (Å²) in [4.78, 5) is 22.5. The van der Waals surface area contributed by atoms with Crippen LogP contribution in [0.1, 0.15) is 5.56 Å². The Labute approximate surface area is 117 Å². The lowest BCUT2D eigenvalue weighted by Gasteiger charge is -2.22. The number of carbonyl (C=O) groups is 2. The van der Waals surface area contributed by atoms with Gasteiger partial charge in [0.2, 0.25) is 5.91 Å². The quantitative estimate of drug-likeness (QED) is 0.908. The number of rotatable bonds is 5. The fourth-order valence-corrected chi connectivity index (χ4v) is 1.63. The van der Waals surface area contributed by atoms with Crippen LogP contribution in [-0.4, -0.2) is 41.1 Å². The predicted molar refractivity (Wildman–Crippen MR) is 65.4 cm³/mol. The SMILES string of the molecule is O=C(O)CN(CC(F)(F)F)C(=O)Cc1ccc(Cl)cc1. The molecule has 1 amide bonds. The Bertz CT molecular complexity index is 488. The number of amides is 1. The van der Waals surface area contributed by atoms with Gasteiger partial charge in [0, 0.05) is 5.02 Å². The number of carbonyl (C=O) groups excluding carboxylic acids is 1. The fourth-order valence-electron chi connectivity index (χ4n) is 1.50. The minimum Gasteiger partial charge on any atom is -0.480 e. The molecule has 0 radical (unpaired) electrons. The van der Waals surface area contributed by atoms with Crippen LogP contribution in [-0.2, 0) is 16.0 Å². The van der Waals surface area contributed by atoms with Gasteiger partial charge in [-0.25, -0.2) is 0 Å². The summed E-state index contributed by atoms with van der Waals surface area (Å²) in [5.74, 6) is -2.41. The van der Waals surface area contributed by atoms with E-state index in [1.807, 2.05) is 0 Å². The Morgan fingerprint density at radius 1 is 1.20 bits per heavy atom. The first-order valence-corrected chi connectivity index (χ1v) is 5.86. The van der Waals surface area contributed by atoms with Crippen LogP contribution in [0.5, 0.6) is 0 Å². The van der Waals surface area contributed by atoms with Gasteiger partial charge in [-0.1, -0.05) is 23.7 Å². The van der Waals surface area contributed by atoms with Crippen molar-refractivity contribution < 1.29 is 27.9 Å². The largest absolute Gasteiger partial charge is 0.480 e. The molecule has 110 valence electrons. The van der Waals surface area contributed by atoms with E-state index in [-0.39, 0.29) is 11.3 Å². The van der Waals surface area contributed by atoms with E-state index in [9.17, 15) is 22.8 Å². The molecule has 0 saturated heterocycles. The van der Waals surface area contributed by atoms with Crippen LogP contribution in [0.3, 0.4) is 0 Å². The summed E-state index contributed by atoms with van der Waals surface area (Å²) in [6.07, 6.45) is -4.97. The van der Waals surface area contributed by atoms with Crippen LogP contribution in [0.15, 0.2) is 24.3 Å². The summed E-state index contributed by atoms with van der Waals surface area (Å²) in [5.41, 5.74) is 0.456. The van der Waals surface area contributed by atoms with Crippen molar-refractivity contribution in [3.05, 3.63) is 34.9 Å². The Balaban J connectivity index is 2.76. The second kappa shape index (κ2) is 6.60. The minimum atomic E-state index is -4.65. The maximum atomic E-state index is 12.3.